The molecule has 0 radical (unpaired) electrons. The molecule has 10 heteroatoms. The van der Waals surface area contributed by atoms with Gasteiger partial charge in [0.15, 0.2) is 0 Å². The molecule has 7 nitrogen and oxygen atoms in total. The van der Waals surface area contributed by atoms with Crippen molar-refractivity contribution in [3.63, 3.8) is 0 Å². The third-order valence-electron chi connectivity index (χ3n) is 4.71. The number of likely N-dealkylation sites (N-methyl/N-ethyl adjacent to an activating group) is 1. The molecule has 0 aliphatic carbocycles. The number of alkyl halides is 3. The molecule has 2 amide bonds. The number of anilines is 2. The van der Waals surface area contributed by atoms with Gasteiger partial charge in [0, 0.05) is 6.07 Å². The first-order chi connectivity index (χ1) is 15.5. The Balaban J connectivity index is 1.60. The maximum absolute atomic E-state index is 13.1. The van der Waals surface area contributed by atoms with E-state index in [2.05, 4.69) is 15.7 Å². The summed E-state index contributed by atoms with van der Waals surface area (Å²) >= 11 is 0. The molecule has 3 aromatic rings. The summed E-state index contributed by atoms with van der Waals surface area (Å²) in [7, 11) is 1.53. The zero-order chi connectivity index (χ0) is 24.2. The smallest absolute Gasteiger partial charge is 0.324 e. The quantitative estimate of drug-likeness (QED) is 0.560. The van der Waals surface area contributed by atoms with E-state index in [1.807, 2.05) is 31.2 Å². The molecular formula is C23H24F3N5O2. The number of nitrogens with zero attached hydrogens (tertiary/aromatic N) is 3. The van der Waals surface area contributed by atoms with E-state index in [1.54, 1.807) is 17.7 Å². The van der Waals surface area contributed by atoms with Crippen molar-refractivity contribution in [2.75, 3.05) is 30.8 Å². The van der Waals surface area contributed by atoms with Gasteiger partial charge in [-0.3, -0.25) is 14.5 Å². The lowest BCUT2D eigenvalue weighted by Gasteiger charge is -2.18. The van der Waals surface area contributed by atoms with E-state index in [4.69, 9.17) is 0 Å². The monoisotopic (exact) mass is 459 g/mol. The lowest BCUT2D eigenvalue weighted by molar-refractivity contribution is -0.137. The van der Waals surface area contributed by atoms with Crippen LogP contribution in [0.1, 0.15) is 16.8 Å². The predicted molar refractivity (Wildman–Crippen MR) is 119 cm³/mol. The van der Waals surface area contributed by atoms with Crippen molar-refractivity contribution < 1.29 is 22.8 Å². The molecule has 0 aliphatic heterocycles. The number of benzene rings is 2. The molecule has 1 heterocycles. The van der Waals surface area contributed by atoms with Gasteiger partial charge in [0.25, 0.3) is 0 Å². The molecule has 174 valence electrons. The minimum Gasteiger partial charge on any atom is -0.324 e. The number of rotatable bonds is 7. The Morgan fingerprint density at radius 1 is 0.970 bits per heavy atom. The second kappa shape index (κ2) is 9.86. The van der Waals surface area contributed by atoms with Crippen LogP contribution in [0.15, 0.2) is 54.6 Å². The summed E-state index contributed by atoms with van der Waals surface area (Å²) < 4.78 is 40.9. The second-order valence-electron chi connectivity index (χ2n) is 7.73. The summed E-state index contributed by atoms with van der Waals surface area (Å²) in [4.78, 5) is 26.2. The fourth-order valence-electron chi connectivity index (χ4n) is 3.23. The molecule has 33 heavy (non-hydrogen) atoms. The van der Waals surface area contributed by atoms with E-state index in [-0.39, 0.29) is 18.8 Å². The summed E-state index contributed by atoms with van der Waals surface area (Å²) in [6, 6.07) is 14.1. The highest BCUT2D eigenvalue weighted by atomic mass is 19.4. The Labute approximate surface area is 189 Å². The lowest BCUT2D eigenvalue weighted by atomic mass is 10.1. The Kier molecular flexibility index (Phi) is 7.17. The Hall–Kier alpha value is -3.66. The molecule has 0 fully saturated rings. The van der Waals surface area contributed by atoms with Crippen molar-refractivity contribution in [3.05, 3.63) is 71.4 Å². The van der Waals surface area contributed by atoms with Crippen LogP contribution in [-0.4, -0.2) is 46.6 Å². The molecule has 0 bridgehead atoms. The lowest BCUT2D eigenvalue weighted by Crippen LogP contribution is -2.36. The fourth-order valence-corrected chi connectivity index (χ4v) is 3.23. The minimum atomic E-state index is -4.59. The molecular weight excluding hydrogens is 435 g/mol. The van der Waals surface area contributed by atoms with Crippen LogP contribution in [0.4, 0.5) is 24.7 Å². The van der Waals surface area contributed by atoms with Crippen molar-refractivity contribution in [1.29, 1.82) is 0 Å². The van der Waals surface area contributed by atoms with Crippen molar-refractivity contribution in [3.8, 4) is 5.69 Å². The van der Waals surface area contributed by atoms with Gasteiger partial charge in [0.05, 0.1) is 35.7 Å². The van der Waals surface area contributed by atoms with Crippen molar-refractivity contribution in [2.24, 2.45) is 0 Å². The van der Waals surface area contributed by atoms with E-state index in [0.29, 0.717) is 11.5 Å². The Morgan fingerprint density at radius 2 is 1.58 bits per heavy atom. The largest absolute Gasteiger partial charge is 0.418 e. The van der Waals surface area contributed by atoms with Gasteiger partial charge in [-0.15, -0.1) is 0 Å². The maximum Gasteiger partial charge on any atom is 0.418 e. The third-order valence-corrected chi connectivity index (χ3v) is 4.71. The number of amides is 2. The standard InChI is InChI=1S/C23H24F3N5O2/c1-15-8-10-17(11-9-15)31-20(12-16(2)29-31)28-22(33)14-30(3)13-21(32)27-19-7-5-4-6-18(19)23(24,25)26/h4-12H,13-14H2,1-3H3,(H,27,32)(H,28,33). The van der Waals surface area contributed by atoms with Crippen LogP contribution in [0.2, 0.25) is 0 Å². The van der Waals surface area contributed by atoms with Crippen molar-refractivity contribution >= 4 is 23.3 Å². The van der Waals surface area contributed by atoms with Gasteiger partial charge in [0.2, 0.25) is 11.8 Å². The molecule has 0 saturated carbocycles. The summed E-state index contributed by atoms with van der Waals surface area (Å²) in [5.74, 6) is -0.588. The Morgan fingerprint density at radius 3 is 2.21 bits per heavy atom. The highest BCUT2D eigenvalue weighted by Crippen LogP contribution is 2.34. The normalized spacial score (nSPS) is 11.5. The summed E-state index contributed by atoms with van der Waals surface area (Å²) in [6.07, 6.45) is -4.59. The number of para-hydroxylation sites is 1. The van der Waals surface area contributed by atoms with Crippen LogP contribution in [0.5, 0.6) is 0 Å². The second-order valence-corrected chi connectivity index (χ2v) is 7.73. The van der Waals surface area contributed by atoms with Gasteiger partial charge in [-0.2, -0.15) is 18.3 Å². The minimum absolute atomic E-state index is 0.146. The highest BCUT2D eigenvalue weighted by Gasteiger charge is 2.33. The molecule has 0 aliphatic rings. The van der Waals surface area contributed by atoms with Gasteiger partial charge in [-0.1, -0.05) is 29.8 Å². The first-order valence-electron chi connectivity index (χ1n) is 10.1. The SMILES string of the molecule is Cc1ccc(-n2nc(C)cc2NC(=O)CN(C)CC(=O)Nc2ccccc2C(F)(F)F)cc1. The van der Waals surface area contributed by atoms with Crippen LogP contribution < -0.4 is 10.6 Å². The molecule has 0 spiro atoms. The van der Waals surface area contributed by atoms with Crippen LogP contribution in [0.3, 0.4) is 0 Å². The van der Waals surface area contributed by atoms with Crippen LogP contribution >= 0.6 is 0 Å². The van der Waals surface area contributed by atoms with Crippen molar-refractivity contribution in [1.82, 2.24) is 14.7 Å². The first kappa shape index (κ1) is 24.0. The predicted octanol–water partition coefficient (Wildman–Crippen LogP) is 4.02. The number of carbonyl (C=O) groups excluding carboxylic acids is 2. The summed E-state index contributed by atoms with van der Waals surface area (Å²) in [5, 5.41) is 9.43. The molecule has 0 unspecified atom stereocenters. The van der Waals surface area contributed by atoms with Gasteiger partial charge in [0.1, 0.15) is 5.82 Å². The summed E-state index contributed by atoms with van der Waals surface area (Å²) in [6.45, 7) is 3.35. The van der Waals surface area contributed by atoms with E-state index in [9.17, 15) is 22.8 Å². The molecule has 0 atom stereocenters. The molecule has 1 aromatic heterocycles. The molecule has 0 saturated heterocycles. The number of carbonyl (C=O) groups is 2. The number of hydrogen-bond acceptors (Lipinski definition) is 4. The number of nitrogens with one attached hydrogen (secondary N) is 2. The average Bonchev–Trinajstić information content (AvgIpc) is 3.07. The zero-order valence-corrected chi connectivity index (χ0v) is 18.4. The van der Waals surface area contributed by atoms with E-state index >= 15 is 0 Å². The number of aryl methyl sites for hydroxylation is 2. The fraction of sp³-hybridized carbons (Fsp3) is 0.261. The van der Waals surface area contributed by atoms with Crippen LogP contribution in [0, 0.1) is 13.8 Å². The van der Waals surface area contributed by atoms with Crippen LogP contribution in [0.25, 0.3) is 5.69 Å². The molecule has 3 rings (SSSR count). The van der Waals surface area contributed by atoms with Gasteiger partial charge >= 0.3 is 6.18 Å². The number of aromatic nitrogens is 2. The molecule has 2 N–H and O–H groups in total. The number of halogens is 3. The highest BCUT2D eigenvalue weighted by molar-refractivity contribution is 5.95. The van der Waals surface area contributed by atoms with Gasteiger partial charge in [-0.05, 0) is 45.2 Å². The molecule has 2 aromatic carbocycles. The first-order valence-corrected chi connectivity index (χ1v) is 10.1. The van der Waals surface area contributed by atoms with Crippen LogP contribution in [-0.2, 0) is 15.8 Å². The topological polar surface area (TPSA) is 79.3 Å². The van der Waals surface area contributed by atoms with E-state index in [0.717, 1.165) is 17.3 Å². The average molecular weight is 459 g/mol. The maximum atomic E-state index is 13.1. The summed E-state index contributed by atoms with van der Waals surface area (Å²) in [5.41, 5.74) is 1.32. The Bertz CT molecular complexity index is 1140. The van der Waals surface area contributed by atoms with E-state index < -0.39 is 23.6 Å². The zero-order valence-electron chi connectivity index (χ0n) is 18.4. The van der Waals surface area contributed by atoms with Gasteiger partial charge < -0.3 is 10.6 Å². The third kappa shape index (κ3) is 6.42. The van der Waals surface area contributed by atoms with Crippen molar-refractivity contribution in [2.45, 2.75) is 20.0 Å². The van der Waals surface area contributed by atoms with Gasteiger partial charge in [-0.25, -0.2) is 4.68 Å². The van der Waals surface area contributed by atoms with E-state index in [1.165, 1.54) is 30.1 Å². The number of hydrogen-bond donors (Lipinski definition) is 2.